The summed E-state index contributed by atoms with van der Waals surface area (Å²) in [5.74, 6) is 0.359. The van der Waals surface area contributed by atoms with Crippen molar-refractivity contribution in [3.8, 4) is 0 Å². The number of unbranched alkanes of at least 4 members (excludes halogenated alkanes) is 1. The Labute approximate surface area is 142 Å². The van der Waals surface area contributed by atoms with Gasteiger partial charge in [-0.05, 0) is 18.4 Å². The van der Waals surface area contributed by atoms with Crippen LogP contribution in [0.5, 0.6) is 0 Å². The fraction of sp³-hybridized carbons (Fsp3) is 0.556. The van der Waals surface area contributed by atoms with Gasteiger partial charge in [-0.3, -0.25) is 4.79 Å². The third-order valence-electron chi connectivity index (χ3n) is 3.85. The Morgan fingerprint density at radius 3 is 2.61 bits per heavy atom. The van der Waals surface area contributed by atoms with Crippen LogP contribution in [0.2, 0.25) is 0 Å². The van der Waals surface area contributed by atoms with Crippen molar-refractivity contribution in [2.75, 3.05) is 12.4 Å². The first-order valence-electron chi connectivity index (χ1n) is 8.33. The van der Waals surface area contributed by atoms with Crippen molar-refractivity contribution in [2.24, 2.45) is 0 Å². The van der Waals surface area contributed by atoms with Crippen LogP contribution in [0.1, 0.15) is 50.5 Å². The summed E-state index contributed by atoms with van der Waals surface area (Å²) in [6.07, 6.45) is 3.08. The van der Waals surface area contributed by atoms with Gasteiger partial charge in [-0.1, -0.05) is 50.6 Å². The Hall–Kier alpha value is -1.49. The van der Waals surface area contributed by atoms with Gasteiger partial charge in [0, 0.05) is 12.2 Å². The number of ether oxygens (including phenoxy) is 1. The van der Waals surface area contributed by atoms with Gasteiger partial charge in [0.2, 0.25) is 5.91 Å². The summed E-state index contributed by atoms with van der Waals surface area (Å²) >= 11 is 1.64. The van der Waals surface area contributed by atoms with E-state index in [0.29, 0.717) is 18.8 Å². The lowest BCUT2D eigenvalue weighted by Gasteiger charge is -2.28. The highest BCUT2D eigenvalue weighted by Crippen LogP contribution is 2.42. The number of nitrogens with zero attached hydrogens (tertiary/aromatic N) is 1. The third-order valence-corrected chi connectivity index (χ3v) is 5.17. The molecule has 0 aliphatic carbocycles. The molecule has 0 unspecified atom stereocenters. The fourth-order valence-corrected chi connectivity index (χ4v) is 4.06. The molecule has 0 aromatic heterocycles. The van der Waals surface area contributed by atoms with E-state index in [1.54, 1.807) is 16.7 Å². The van der Waals surface area contributed by atoms with Crippen molar-refractivity contribution < 1.29 is 14.3 Å². The molecule has 0 bridgehead atoms. The van der Waals surface area contributed by atoms with Crippen LogP contribution in [0.4, 0.5) is 0 Å². The average Bonchev–Trinajstić information content (AvgIpc) is 3.01. The van der Waals surface area contributed by atoms with E-state index in [1.807, 2.05) is 37.3 Å². The van der Waals surface area contributed by atoms with Crippen molar-refractivity contribution in [1.82, 2.24) is 4.90 Å². The molecule has 126 valence electrons. The Balaban J connectivity index is 2.15. The molecule has 1 heterocycles. The Kier molecular flexibility index (Phi) is 6.96. The van der Waals surface area contributed by atoms with Gasteiger partial charge in [-0.15, -0.1) is 11.8 Å². The molecular weight excluding hydrogens is 310 g/mol. The summed E-state index contributed by atoms with van der Waals surface area (Å²) in [4.78, 5) is 26.7. The lowest BCUT2D eigenvalue weighted by molar-refractivity contribution is -0.154. The van der Waals surface area contributed by atoms with Crippen molar-refractivity contribution in [1.29, 1.82) is 0 Å². The molecule has 23 heavy (non-hydrogen) atoms. The van der Waals surface area contributed by atoms with Crippen LogP contribution in [0.25, 0.3) is 0 Å². The topological polar surface area (TPSA) is 46.6 Å². The second kappa shape index (κ2) is 8.96. The number of thioether (sulfide) groups is 1. The lowest BCUT2D eigenvalue weighted by Crippen LogP contribution is -2.43. The van der Waals surface area contributed by atoms with Gasteiger partial charge in [0.05, 0.1) is 6.61 Å². The molecule has 1 aliphatic rings. The molecule has 1 aliphatic heterocycles. The molecule has 2 atom stereocenters. The second-order valence-electron chi connectivity index (χ2n) is 5.68. The van der Waals surface area contributed by atoms with Gasteiger partial charge in [-0.25, -0.2) is 4.79 Å². The van der Waals surface area contributed by atoms with Gasteiger partial charge in [0.25, 0.3) is 0 Å². The minimum absolute atomic E-state index is 0.0313. The molecule has 1 fully saturated rings. The van der Waals surface area contributed by atoms with E-state index in [-0.39, 0.29) is 17.3 Å². The van der Waals surface area contributed by atoms with Crippen LogP contribution in [-0.2, 0) is 14.3 Å². The highest BCUT2D eigenvalue weighted by Gasteiger charge is 2.42. The predicted molar refractivity (Wildman–Crippen MR) is 93.1 cm³/mol. The van der Waals surface area contributed by atoms with Gasteiger partial charge < -0.3 is 9.64 Å². The largest absolute Gasteiger partial charge is 0.464 e. The lowest BCUT2D eigenvalue weighted by atomic mass is 10.1. The predicted octanol–water partition coefficient (Wildman–Crippen LogP) is 3.77. The fourth-order valence-electron chi connectivity index (χ4n) is 2.62. The van der Waals surface area contributed by atoms with E-state index < -0.39 is 6.04 Å². The van der Waals surface area contributed by atoms with E-state index in [2.05, 4.69) is 6.92 Å². The maximum absolute atomic E-state index is 12.6. The van der Waals surface area contributed by atoms with Crippen molar-refractivity contribution in [2.45, 2.75) is 50.9 Å². The van der Waals surface area contributed by atoms with Crippen molar-refractivity contribution in [3.05, 3.63) is 35.9 Å². The number of hydrogen-bond donors (Lipinski definition) is 0. The number of amides is 1. The van der Waals surface area contributed by atoms with Crippen LogP contribution in [0.3, 0.4) is 0 Å². The smallest absolute Gasteiger partial charge is 0.329 e. The quantitative estimate of drug-likeness (QED) is 0.562. The van der Waals surface area contributed by atoms with Gasteiger partial charge in [0.1, 0.15) is 11.4 Å². The zero-order valence-corrected chi connectivity index (χ0v) is 14.7. The zero-order chi connectivity index (χ0) is 16.7. The van der Waals surface area contributed by atoms with Gasteiger partial charge in [0.15, 0.2) is 0 Å². The molecule has 4 nitrogen and oxygen atoms in total. The Morgan fingerprint density at radius 2 is 1.96 bits per heavy atom. The molecule has 1 amide bonds. The summed E-state index contributed by atoms with van der Waals surface area (Å²) in [7, 11) is 0. The van der Waals surface area contributed by atoms with Gasteiger partial charge >= 0.3 is 5.97 Å². The number of esters is 1. The van der Waals surface area contributed by atoms with Crippen LogP contribution < -0.4 is 0 Å². The van der Waals surface area contributed by atoms with Gasteiger partial charge in [-0.2, -0.15) is 0 Å². The van der Waals surface area contributed by atoms with E-state index in [9.17, 15) is 9.59 Å². The standard InChI is InChI=1S/C18H25NO3S/c1-3-5-12-22-18(21)15-13-23-17(14-10-7-6-8-11-14)19(15)16(20)9-4-2/h6-8,10-11,15,17H,3-5,9,12-13H2,1-2H3/t15-,17+/m0/s1. The highest BCUT2D eigenvalue weighted by molar-refractivity contribution is 7.99. The molecule has 0 spiro atoms. The summed E-state index contributed by atoms with van der Waals surface area (Å²) in [6, 6.07) is 9.43. The number of rotatable bonds is 7. The number of carbonyl (C=O) groups is 2. The maximum atomic E-state index is 12.6. The monoisotopic (exact) mass is 335 g/mol. The first-order valence-corrected chi connectivity index (χ1v) is 9.38. The van der Waals surface area contributed by atoms with E-state index in [1.165, 1.54) is 0 Å². The summed E-state index contributed by atoms with van der Waals surface area (Å²) in [5.41, 5.74) is 1.06. The minimum atomic E-state index is -0.471. The SMILES string of the molecule is CCCCOC(=O)[C@@H]1CS[C@H](c2ccccc2)N1C(=O)CCC. The van der Waals surface area contributed by atoms with Crippen LogP contribution in [0, 0.1) is 0 Å². The Morgan fingerprint density at radius 1 is 1.22 bits per heavy atom. The van der Waals surface area contributed by atoms with Crippen LogP contribution in [0.15, 0.2) is 30.3 Å². The van der Waals surface area contributed by atoms with Crippen LogP contribution in [-0.4, -0.2) is 35.2 Å². The molecule has 1 saturated heterocycles. The molecule has 0 N–H and O–H groups in total. The molecule has 2 rings (SSSR count). The molecule has 1 aromatic rings. The molecule has 5 heteroatoms. The molecule has 0 saturated carbocycles. The number of hydrogen-bond acceptors (Lipinski definition) is 4. The normalized spacial score (nSPS) is 20.5. The first kappa shape index (κ1) is 17.9. The summed E-state index contributed by atoms with van der Waals surface area (Å²) < 4.78 is 5.36. The Bertz CT molecular complexity index is 520. The first-order chi connectivity index (χ1) is 11.2. The number of carbonyl (C=O) groups excluding carboxylic acids is 2. The minimum Gasteiger partial charge on any atom is -0.464 e. The van der Waals surface area contributed by atoms with E-state index >= 15 is 0 Å². The van der Waals surface area contributed by atoms with Crippen molar-refractivity contribution >= 4 is 23.6 Å². The third kappa shape index (κ3) is 4.50. The second-order valence-corrected chi connectivity index (χ2v) is 6.80. The van der Waals surface area contributed by atoms with E-state index in [0.717, 1.165) is 24.8 Å². The summed E-state index contributed by atoms with van der Waals surface area (Å²) in [6.45, 7) is 4.47. The summed E-state index contributed by atoms with van der Waals surface area (Å²) in [5, 5.41) is -0.0982. The van der Waals surface area contributed by atoms with Crippen molar-refractivity contribution in [3.63, 3.8) is 0 Å². The van der Waals surface area contributed by atoms with Crippen LogP contribution >= 0.6 is 11.8 Å². The average molecular weight is 335 g/mol. The molecular formula is C18H25NO3S. The maximum Gasteiger partial charge on any atom is 0.329 e. The molecule has 0 radical (unpaired) electrons. The highest BCUT2D eigenvalue weighted by atomic mass is 32.2. The molecule has 1 aromatic carbocycles. The number of benzene rings is 1. The zero-order valence-electron chi connectivity index (χ0n) is 13.9. The van der Waals surface area contributed by atoms with E-state index in [4.69, 9.17) is 4.74 Å².